The number of nitrogen functional groups attached to an aromatic ring is 1. The fraction of sp³-hybridized carbons (Fsp3) is 0.231. The van der Waals surface area contributed by atoms with Crippen molar-refractivity contribution in [1.29, 1.82) is 0 Å². The third-order valence-corrected chi connectivity index (χ3v) is 3.29. The molecule has 0 fully saturated rings. The molecule has 0 bridgehead atoms. The van der Waals surface area contributed by atoms with Crippen LogP contribution in [0.1, 0.15) is 19.8 Å². The minimum Gasteiger partial charge on any atom is -0.389 e. The number of aromatic nitrogens is 1. The number of carbonyl (C=O) groups excluding carboxylic acids is 1. The predicted octanol–water partition coefficient (Wildman–Crippen LogP) is 3.27. The van der Waals surface area contributed by atoms with Gasteiger partial charge >= 0.3 is 0 Å². The number of thiazole rings is 1. The lowest BCUT2D eigenvalue weighted by atomic mass is 10.1. The van der Waals surface area contributed by atoms with E-state index in [1.165, 1.54) is 23.5 Å². The molecule has 1 heterocycles. The zero-order chi connectivity index (χ0) is 13.8. The minimum absolute atomic E-state index is 0.0816. The van der Waals surface area contributed by atoms with Crippen molar-refractivity contribution >= 4 is 27.4 Å². The summed E-state index contributed by atoms with van der Waals surface area (Å²) < 4.78 is 12.9. The molecule has 3 N–H and O–H groups in total. The van der Waals surface area contributed by atoms with Gasteiger partial charge in [0.15, 0.2) is 5.13 Å². The maximum absolute atomic E-state index is 12.9. The molecule has 6 heteroatoms. The van der Waals surface area contributed by atoms with E-state index in [1.54, 1.807) is 12.1 Å². The van der Waals surface area contributed by atoms with Gasteiger partial charge in [0.2, 0.25) is 5.91 Å². The van der Waals surface area contributed by atoms with Gasteiger partial charge in [-0.05, 0) is 30.7 Å². The van der Waals surface area contributed by atoms with Gasteiger partial charge in [0.1, 0.15) is 16.5 Å². The molecule has 1 amide bonds. The quantitative estimate of drug-likeness (QED) is 0.902. The minimum atomic E-state index is -0.311. The van der Waals surface area contributed by atoms with Crippen molar-refractivity contribution in [3.05, 3.63) is 30.1 Å². The second kappa shape index (κ2) is 5.79. The number of benzene rings is 1. The highest BCUT2D eigenvalue weighted by Crippen LogP contribution is 2.33. The van der Waals surface area contributed by atoms with Gasteiger partial charge in [-0.2, -0.15) is 0 Å². The SMILES string of the molecule is CCCC(=O)Nc1nc(-c2ccc(F)cc2)c(N)s1. The van der Waals surface area contributed by atoms with E-state index in [4.69, 9.17) is 5.73 Å². The van der Waals surface area contributed by atoms with Crippen molar-refractivity contribution in [3.8, 4) is 11.3 Å². The Bertz CT molecular complexity index is 580. The van der Waals surface area contributed by atoms with Gasteiger partial charge in [-0.1, -0.05) is 18.3 Å². The molecule has 2 aromatic rings. The van der Waals surface area contributed by atoms with Crippen LogP contribution in [0.15, 0.2) is 24.3 Å². The molecule has 2 rings (SSSR count). The van der Waals surface area contributed by atoms with Gasteiger partial charge in [-0.15, -0.1) is 0 Å². The molecule has 1 aromatic heterocycles. The van der Waals surface area contributed by atoms with E-state index in [9.17, 15) is 9.18 Å². The first-order valence-corrected chi connectivity index (χ1v) is 6.74. The van der Waals surface area contributed by atoms with Crippen molar-refractivity contribution in [2.75, 3.05) is 11.1 Å². The molecule has 0 unspecified atom stereocenters. The highest BCUT2D eigenvalue weighted by molar-refractivity contribution is 7.20. The number of halogens is 1. The third kappa shape index (κ3) is 3.29. The Morgan fingerprint density at radius 1 is 1.42 bits per heavy atom. The standard InChI is InChI=1S/C13H14FN3OS/c1-2-3-10(18)16-13-17-11(12(15)19-13)8-4-6-9(14)7-5-8/h4-7H,2-3,15H2,1H3,(H,16,17,18). The summed E-state index contributed by atoms with van der Waals surface area (Å²) in [6.07, 6.45) is 1.23. The second-order valence-electron chi connectivity index (χ2n) is 4.04. The van der Waals surface area contributed by atoms with Crippen LogP contribution in [0.3, 0.4) is 0 Å². The van der Waals surface area contributed by atoms with E-state index >= 15 is 0 Å². The van der Waals surface area contributed by atoms with E-state index in [1.807, 2.05) is 6.92 Å². The van der Waals surface area contributed by atoms with Crippen LogP contribution in [0, 0.1) is 5.82 Å². The fourth-order valence-electron chi connectivity index (χ4n) is 1.61. The zero-order valence-corrected chi connectivity index (χ0v) is 11.3. The Morgan fingerprint density at radius 3 is 2.74 bits per heavy atom. The number of hydrogen-bond donors (Lipinski definition) is 2. The van der Waals surface area contributed by atoms with Gasteiger partial charge in [0, 0.05) is 12.0 Å². The number of nitrogens with two attached hydrogens (primary N) is 1. The Labute approximate surface area is 114 Å². The van der Waals surface area contributed by atoms with Crippen LogP contribution in [0.4, 0.5) is 14.5 Å². The summed E-state index contributed by atoms with van der Waals surface area (Å²) in [6, 6.07) is 5.92. The molecule has 19 heavy (non-hydrogen) atoms. The highest BCUT2D eigenvalue weighted by Gasteiger charge is 2.12. The number of carbonyl (C=O) groups is 1. The molecule has 4 nitrogen and oxygen atoms in total. The monoisotopic (exact) mass is 279 g/mol. The summed E-state index contributed by atoms with van der Waals surface area (Å²) in [6.45, 7) is 1.93. The lowest BCUT2D eigenvalue weighted by Gasteiger charge is -1.99. The first-order valence-electron chi connectivity index (χ1n) is 5.92. The Kier molecular flexibility index (Phi) is 4.11. The molecule has 0 saturated heterocycles. The normalized spacial score (nSPS) is 10.4. The molecule has 0 spiro atoms. The molecule has 0 aliphatic carbocycles. The van der Waals surface area contributed by atoms with Crippen molar-refractivity contribution in [3.63, 3.8) is 0 Å². The number of nitrogens with one attached hydrogen (secondary N) is 1. The lowest BCUT2D eigenvalue weighted by Crippen LogP contribution is -2.10. The van der Waals surface area contributed by atoms with Crippen LogP contribution in [0.25, 0.3) is 11.3 Å². The molecule has 0 atom stereocenters. The number of nitrogens with zero attached hydrogens (tertiary/aromatic N) is 1. The van der Waals surface area contributed by atoms with E-state index in [2.05, 4.69) is 10.3 Å². The van der Waals surface area contributed by atoms with E-state index < -0.39 is 0 Å². The fourth-order valence-corrected chi connectivity index (χ4v) is 2.38. The Morgan fingerprint density at radius 2 is 2.11 bits per heavy atom. The summed E-state index contributed by atoms with van der Waals surface area (Å²) in [7, 11) is 0. The summed E-state index contributed by atoms with van der Waals surface area (Å²) in [5.74, 6) is -0.393. The predicted molar refractivity (Wildman–Crippen MR) is 75.5 cm³/mol. The number of amides is 1. The van der Waals surface area contributed by atoms with Crippen molar-refractivity contribution in [2.24, 2.45) is 0 Å². The Balaban J connectivity index is 2.21. The number of hydrogen-bond acceptors (Lipinski definition) is 4. The molecule has 0 radical (unpaired) electrons. The average Bonchev–Trinajstić information content (AvgIpc) is 2.71. The van der Waals surface area contributed by atoms with Crippen LogP contribution in [0.5, 0.6) is 0 Å². The van der Waals surface area contributed by atoms with E-state index in [-0.39, 0.29) is 11.7 Å². The molecule has 100 valence electrons. The first kappa shape index (κ1) is 13.5. The lowest BCUT2D eigenvalue weighted by molar-refractivity contribution is -0.116. The van der Waals surface area contributed by atoms with Crippen LogP contribution >= 0.6 is 11.3 Å². The Hall–Kier alpha value is -1.95. The van der Waals surface area contributed by atoms with Gasteiger partial charge in [-0.3, -0.25) is 4.79 Å². The van der Waals surface area contributed by atoms with Gasteiger partial charge in [-0.25, -0.2) is 9.37 Å². The molecule has 0 saturated carbocycles. The van der Waals surface area contributed by atoms with Crippen LogP contribution < -0.4 is 11.1 Å². The van der Waals surface area contributed by atoms with Gasteiger partial charge in [0.05, 0.1) is 0 Å². The van der Waals surface area contributed by atoms with Gasteiger partial charge in [0.25, 0.3) is 0 Å². The van der Waals surface area contributed by atoms with Crippen molar-refractivity contribution < 1.29 is 9.18 Å². The molecule has 1 aromatic carbocycles. The maximum atomic E-state index is 12.9. The van der Waals surface area contributed by atoms with E-state index in [0.29, 0.717) is 22.2 Å². The van der Waals surface area contributed by atoms with Gasteiger partial charge < -0.3 is 11.1 Å². The molecular formula is C13H14FN3OS. The summed E-state index contributed by atoms with van der Waals surface area (Å²) in [5.41, 5.74) is 7.17. The van der Waals surface area contributed by atoms with Crippen molar-refractivity contribution in [2.45, 2.75) is 19.8 Å². The summed E-state index contributed by atoms with van der Waals surface area (Å²) in [4.78, 5) is 15.8. The van der Waals surface area contributed by atoms with Crippen LogP contribution in [-0.4, -0.2) is 10.9 Å². The van der Waals surface area contributed by atoms with Crippen LogP contribution in [0.2, 0.25) is 0 Å². The number of anilines is 2. The zero-order valence-electron chi connectivity index (χ0n) is 10.4. The highest BCUT2D eigenvalue weighted by atomic mass is 32.1. The molecular weight excluding hydrogens is 265 g/mol. The smallest absolute Gasteiger partial charge is 0.226 e. The summed E-state index contributed by atoms with van der Waals surface area (Å²) >= 11 is 1.21. The summed E-state index contributed by atoms with van der Waals surface area (Å²) in [5, 5.41) is 3.67. The average molecular weight is 279 g/mol. The molecule has 0 aliphatic heterocycles. The van der Waals surface area contributed by atoms with Crippen LogP contribution in [-0.2, 0) is 4.79 Å². The topological polar surface area (TPSA) is 68.0 Å². The maximum Gasteiger partial charge on any atom is 0.226 e. The second-order valence-corrected chi connectivity index (χ2v) is 5.07. The van der Waals surface area contributed by atoms with E-state index in [0.717, 1.165) is 12.0 Å². The number of rotatable bonds is 4. The molecule has 0 aliphatic rings. The third-order valence-electron chi connectivity index (χ3n) is 2.49. The van der Waals surface area contributed by atoms with Crippen molar-refractivity contribution in [1.82, 2.24) is 4.98 Å². The largest absolute Gasteiger partial charge is 0.389 e. The first-order chi connectivity index (χ1) is 9.10.